The van der Waals surface area contributed by atoms with Crippen molar-refractivity contribution in [2.24, 2.45) is 0 Å². The van der Waals surface area contributed by atoms with Crippen molar-refractivity contribution in [1.82, 2.24) is 10.2 Å². The van der Waals surface area contributed by atoms with Crippen molar-refractivity contribution in [3.63, 3.8) is 0 Å². The Hall–Kier alpha value is -3.93. The monoisotopic (exact) mass is 427 g/mol. The Morgan fingerprint density at radius 2 is 1.56 bits per heavy atom. The number of aromatic nitrogens is 2. The van der Waals surface area contributed by atoms with Crippen LogP contribution < -0.4 is 10.1 Å². The van der Waals surface area contributed by atoms with Gasteiger partial charge in [0.2, 0.25) is 11.8 Å². The molecule has 4 rings (SSSR count). The number of aryl methyl sites for hydroxylation is 3. The quantitative estimate of drug-likeness (QED) is 0.425. The van der Waals surface area contributed by atoms with E-state index in [1.54, 1.807) is 13.0 Å². The van der Waals surface area contributed by atoms with E-state index in [0.29, 0.717) is 23.2 Å². The van der Waals surface area contributed by atoms with Crippen molar-refractivity contribution in [2.45, 2.75) is 33.8 Å². The molecule has 1 heterocycles. The summed E-state index contributed by atoms with van der Waals surface area (Å²) in [6.07, 6.45) is -0.657. The number of carbonyl (C=O) groups is 1. The molecular formula is C26H25N3O3. The van der Waals surface area contributed by atoms with Gasteiger partial charge < -0.3 is 14.5 Å². The van der Waals surface area contributed by atoms with E-state index in [2.05, 4.69) is 15.5 Å². The SMILES string of the molecule is Cc1ccc(-c2nnc(-c3cccc(NC(=O)C(C)Oc4cc(C)ccc4C)c3)o2)cc1. The van der Waals surface area contributed by atoms with E-state index in [4.69, 9.17) is 9.15 Å². The summed E-state index contributed by atoms with van der Waals surface area (Å²) >= 11 is 0. The van der Waals surface area contributed by atoms with Crippen molar-refractivity contribution in [2.75, 3.05) is 5.32 Å². The summed E-state index contributed by atoms with van der Waals surface area (Å²) in [7, 11) is 0. The molecule has 4 aromatic rings. The largest absolute Gasteiger partial charge is 0.481 e. The van der Waals surface area contributed by atoms with Gasteiger partial charge in [-0.25, -0.2) is 0 Å². The zero-order valence-electron chi connectivity index (χ0n) is 18.5. The van der Waals surface area contributed by atoms with Crippen molar-refractivity contribution in [1.29, 1.82) is 0 Å². The van der Waals surface area contributed by atoms with Gasteiger partial charge >= 0.3 is 0 Å². The number of nitrogens with zero attached hydrogens (tertiary/aromatic N) is 2. The molecule has 1 N–H and O–H groups in total. The average Bonchev–Trinajstić information content (AvgIpc) is 3.27. The lowest BCUT2D eigenvalue weighted by molar-refractivity contribution is -0.122. The number of anilines is 1. The van der Waals surface area contributed by atoms with Crippen LogP contribution in [0.5, 0.6) is 5.75 Å². The first-order chi connectivity index (χ1) is 15.4. The number of rotatable bonds is 6. The number of benzene rings is 3. The van der Waals surface area contributed by atoms with E-state index >= 15 is 0 Å². The number of hydrogen-bond donors (Lipinski definition) is 1. The van der Waals surface area contributed by atoms with E-state index in [0.717, 1.165) is 27.8 Å². The van der Waals surface area contributed by atoms with Crippen molar-refractivity contribution >= 4 is 11.6 Å². The molecule has 1 unspecified atom stereocenters. The molecule has 6 nitrogen and oxygen atoms in total. The Labute approximate surface area is 187 Å². The summed E-state index contributed by atoms with van der Waals surface area (Å²) < 4.78 is 11.7. The molecule has 6 heteroatoms. The third-order valence-corrected chi connectivity index (χ3v) is 5.12. The molecule has 0 fully saturated rings. The molecule has 162 valence electrons. The molecule has 3 aromatic carbocycles. The first-order valence-corrected chi connectivity index (χ1v) is 10.4. The maximum Gasteiger partial charge on any atom is 0.265 e. The number of nitrogens with one attached hydrogen (secondary N) is 1. The van der Waals surface area contributed by atoms with Gasteiger partial charge in [0.1, 0.15) is 5.75 Å². The third-order valence-electron chi connectivity index (χ3n) is 5.12. The van der Waals surface area contributed by atoms with Gasteiger partial charge in [0.25, 0.3) is 5.91 Å². The van der Waals surface area contributed by atoms with Gasteiger partial charge in [0, 0.05) is 16.8 Å². The third kappa shape index (κ3) is 4.86. The molecule has 0 aliphatic carbocycles. The lowest BCUT2D eigenvalue weighted by atomic mass is 10.1. The van der Waals surface area contributed by atoms with Crippen LogP contribution in [0.2, 0.25) is 0 Å². The van der Waals surface area contributed by atoms with Crippen LogP contribution in [0.3, 0.4) is 0 Å². The van der Waals surface area contributed by atoms with Gasteiger partial charge in [0.05, 0.1) is 0 Å². The fourth-order valence-electron chi connectivity index (χ4n) is 3.20. The highest BCUT2D eigenvalue weighted by molar-refractivity contribution is 5.94. The fraction of sp³-hybridized carbons (Fsp3) is 0.192. The van der Waals surface area contributed by atoms with Crippen LogP contribution in [0.4, 0.5) is 5.69 Å². The second-order valence-corrected chi connectivity index (χ2v) is 7.88. The van der Waals surface area contributed by atoms with E-state index in [1.807, 2.05) is 81.4 Å². The summed E-state index contributed by atoms with van der Waals surface area (Å²) in [5.74, 6) is 1.30. The lowest BCUT2D eigenvalue weighted by Gasteiger charge is -2.17. The van der Waals surface area contributed by atoms with E-state index < -0.39 is 6.10 Å². The number of amides is 1. The zero-order valence-corrected chi connectivity index (χ0v) is 18.5. The predicted molar refractivity (Wildman–Crippen MR) is 125 cm³/mol. The predicted octanol–water partition coefficient (Wildman–Crippen LogP) is 5.73. The Balaban J connectivity index is 1.46. The molecule has 1 atom stereocenters. The first kappa shape index (κ1) is 21.3. The van der Waals surface area contributed by atoms with Crippen LogP contribution in [-0.2, 0) is 4.79 Å². The molecule has 1 amide bonds. The van der Waals surface area contributed by atoms with Crippen LogP contribution in [0.15, 0.2) is 71.1 Å². The lowest BCUT2D eigenvalue weighted by Crippen LogP contribution is -2.30. The maximum absolute atomic E-state index is 12.7. The highest BCUT2D eigenvalue weighted by atomic mass is 16.5. The minimum Gasteiger partial charge on any atom is -0.481 e. The normalized spacial score (nSPS) is 11.8. The Morgan fingerprint density at radius 1 is 0.875 bits per heavy atom. The molecule has 0 aliphatic rings. The molecule has 1 aromatic heterocycles. The molecule has 0 spiro atoms. The van der Waals surface area contributed by atoms with Crippen LogP contribution in [0.1, 0.15) is 23.6 Å². The summed E-state index contributed by atoms with van der Waals surface area (Å²) in [6.45, 7) is 7.70. The van der Waals surface area contributed by atoms with Crippen molar-refractivity contribution in [3.8, 4) is 28.7 Å². The second kappa shape index (κ2) is 9.06. The smallest absolute Gasteiger partial charge is 0.265 e. The molecule has 0 radical (unpaired) electrons. The molecule has 32 heavy (non-hydrogen) atoms. The highest BCUT2D eigenvalue weighted by Crippen LogP contribution is 2.26. The van der Waals surface area contributed by atoms with Gasteiger partial charge in [0.15, 0.2) is 6.10 Å². The Kier molecular flexibility index (Phi) is 6.03. The molecule has 0 bridgehead atoms. The Morgan fingerprint density at radius 3 is 2.31 bits per heavy atom. The topological polar surface area (TPSA) is 77.2 Å². The maximum atomic E-state index is 12.7. The number of ether oxygens (including phenoxy) is 1. The summed E-state index contributed by atoms with van der Waals surface area (Å²) in [5.41, 5.74) is 5.42. The number of hydrogen-bond acceptors (Lipinski definition) is 5. The summed E-state index contributed by atoms with van der Waals surface area (Å²) in [6, 6.07) is 21.1. The zero-order chi connectivity index (χ0) is 22.7. The van der Waals surface area contributed by atoms with Crippen LogP contribution in [0, 0.1) is 20.8 Å². The van der Waals surface area contributed by atoms with E-state index in [-0.39, 0.29) is 5.91 Å². The summed E-state index contributed by atoms with van der Waals surface area (Å²) in [4.78, 5) is 12.7. The minimum atomic E-state index is -0.657. The minimum absolute atomic E-state index is 0.242. The first-order valence-electron chi connectivity index (χ1n) is 10.4. The highest BCUT2D eigenvalue weighted by Gasteiger charge is 2.17. The van der Waals surface area contributed by atoms with Crippen LogP contribution in [-0.4, -0.2) is 22.2 Å². The van der Waals surface area contributed by atoms with E-state index in [1.165, 1.54) is 0 Å². The fourth-order valence-corrected chi connectivity index (χ4v) is 3.20. The summed E-state index contributed by atoms with van der Waals surface area (Å²) in [5, 5.41) is 11.2. The van der Waals surface area contributed by atoms with Gasteiger partial charge in [-0.15, -0.1) is 10.2 Å². The standard InChI is InChI=1S/C26H25N3O3/c1-16-9-12-20(13-10-16)25-28-29-26(32-25)21-6-5-7-22(15-21)27-24(30)19(4)31-23-14-17(2)8-11-18(23)3/h5-15,19H,1-4H3,(H,27,30). The van der Waals surface area contributed by atoms with Gasteiger partial charge in [-0.05, 0) is 75.2 Å². The Bertz CT molecular complexity index is 1250. The number of carbonyl (C=O) groups excluding carboxylic acids is 1. The molecule has 0 saturated heterocycles. The van der Waals surface area contributed by atoms with Crippen LogP contribution in [0.25, 0.3) is 22.9 Å². The second-order valence-electron chi connectivity index (χ2n) is 7.88. The van der Waals surface area contributed by atoms with E-state index in [9.17, 15) is 4.79 Å². The molecule has 0 aliphatic heterocycles. The van der Waals surface area contributed by atoms with Crippen LogP contribution >= 0.6 is 0 Å². The van der Waals surface area contributed by atoms with Gasteiger partial charge in [-0.3, -0.25) is 4.79 Å². The van der Waals surface area contributed by atoms with Gasteiger partial charge in [-0.2, -0.15) is 0 Å². The molecule has 0 saturated carbocycles. The van der Waals surface area contributed by atoms with Gasteiger partial charge in [-0.1, -0.05) is 35.9 Å². The van der Waals surface area contributed by atoms with Crippen molar-refractivity contribution < 1.29 is 13.9 Å². The average molecular weight is 428 g/mol. The molecular weight excluding hydrogens is 402 g/mol. The van der Waals surface area contributed by atoms with Crippen molar-refractivity contribution in [3.05, 3.63) is 83.4 Å².